The van der Waals surface area contributed by atoms with Crippen LogP contribution in [0.5, 0.6) is 0 Å². The van der Waals surface area contributed by atoms with Gasteiger partial charge in [0.25, 0.3) is 11.8 Å². The van der Waals surface area contributed by atoms with Crippen LogP contribution in [0.3, 0.4) is 0 Å². The predicted molar refractivity (Wildman–Crippen MR) is 128 cm³/mol. The first-order valence-electron chi connectivity index (χ1n) is 10.1. The second-order valence-corrected chi connectivity index (χ2v) is 7.79. The Morgan fingerprint density at radius 2 is 1.50 bits per heavy atom. The molecule has 0 radical (unpaired) electrons. The molecule has 1 heterocycles. The van der Waals surface area contributed by atoms with E-state index in [1.165, 1.54) is 0 Å². The van der Waals surface area contributed by atoms with Gasteiger partial charge in [0.15, 0.2) is 0 Å². The summed E-state index contributed by atoms with van der Waals surface area (Å²) in [6.07, 6.45) is 0.162. The monoisotopic (exact) mass is 498 g/mol. The fourth-order valence-electron chi connectivity index (χ4n) is 3.65. The lowest BCUT2D eigenvalue weighted by atomic mass is 10.0. The lowest BCUT2D eigenvalue weighted by Crippen LogP contribution is -2.47. The molecule has 0 bridgehead atoms. The number of hydrogen-bond acceptors (Lipinski definition) is 5. The fourth-order valence-corrected chi connectivity index (χ4v) is 4.06. The first kappa shape index (κ1) is 26.0. The number of fused-ring (bicyclic) bond motifs is 1. The number of anilines is 1. The number of ether oxygens (including phenoxy) is 1. The zero-order valence-corrected chi connectivity index (χ0v) is 20.0. The molecule has 0 unspecified atom stereocenters. The highest BCUT2D eigenvalue weighted by Gasteiger charge is 2.43. The van der Waals surface area contributed by atoms with Crippen molar-refractivity contribution in [1.82, 2.24) is 4.90 Å². The Balaban J connectivity index is 0.00000363. The molecule has 0 spiro atoms. The maximum absolute atomic E-state index is 12.9. The SMILES string of the molecule is CCOC(=O)[C@H](Cc1ccc(N(CCCl)CCCl)cc1)N1C(=O)c2ccccc2C1=O.Cl. The molecular formula is C23H25Cl3N2O4. The van der Waals surface area contributed by atoms with Crippen molar-refractivity contribution in [3.8, 4) is 0 Å². The zero-order chi connectivity index (χ0) is 22.4. The number of alkyl halides is 2. The van der Waals surface area contributed by atoms with Crippen molar-refractivity contribution in [2.75, 3.05) is 36.4 Å². The number of nitrogens with zero attached hydrogens (tertiary/aromatic N) is 2. The normalized spacial score (nSPS) is 13.4. The quantitative estimate of drug-likeness (QED) is 0.279. The van der Waals surface area contributed by atoms with E-state index in [1.54, 1.807) is 31.2 Å². The summed E-state index contributed by atoms with van der Waals surface area (Å²) in [4.78, 5) is 41.6. The van der Waals surface area contributed by atoms with Gasteiger partial charge in [-0.1, -0.05) is 24.3 Å². The molecule has 1 atom stereocenters. The van der Waals surface area contributed by atoms with Crippen molar-refractivity contribution in [2.24, 2.45) is 0 Å². The summed E-state index contributed by atoms with van der Waals surface area (Å²) in [6.45, 7) is 3.17. The van der Waals surface area contributed by atoms with E-state index < -0.39 is 23.8 Å². The van der Waals surface area contributed by atoms with Crippen LogP contribution in [-0.4, -0.2) is 60.2 Å². The second-order valence-electron chi connectivity index (χ2n) is 7.03. The van der Waals surface area contributed by atoms with Crippen LogP contribution >= 0.6 is 35.6 Å². The van der Waals surface area contributed by atoms with Crippen LogP contribution in [0.15, 0.2) is 48.5 Å². The number of imide groups is 1. The summed E-state index contributed by atoms with van der Waals surface area (Å²) < 4.78 is 5.19. The first-order valence-corrected chi connectivity index (χ1v) is 11.2. The third kappa shape index (κ3) is 5.55. The van der Waals surface area contributed by atoms with E-state index in [2.05, 4.69) is 4.90 Å². The van der Waals surface area contributed by atoms with E-state index in [-0.39, 0.29) is 25.4 Å². The molecule has 3 rings (SSSR count). The van der Waals surface area contributed by atoms with Crippen LogP contribution in [0.4, 0.5) is 5.69 Å². The van der Waals surface area contributed by atoms with Crippen LogP contribution in [0.2, 0.25) is 0 Å². The van der Waals surface area contributed by atoms with Crippen molar-refractivity contribution in [2.45, 2.75) is 19.4 Å². The van der Waals surface area contributed by atoms with E-state index in [4.69, 9.17) is 27.9 Å². The van der Waals surface area contributed by atoms with Gasteiger partial charge < -0.3 is 9.64 Å². The first-order chi connectivity index (χ1) is 15.0. The molecular weight excluding hydrogens is 475 g/mol. The highest BCUT2D eigenvalue weighted by molar-refractivity contribution is 6.22. The van der Waals surface area contributed by atoms with Crippen molar-refractivity contribution in [3.63, 3.8) is 0 Å². The molecule has 6 nitrogen and oxygen atoms in total. The topological polar surface area (TPSA) is 66.9 Å². The Morgan fingerprint density at radius 1 is 0.969 bits per heavy atom. The van der Waals surface area contributed by atoms with Crippen LogP contribution in [-0.2, 0) is 16.0 Å². The lowest BCUT2D eigenvalue weighted by Gasteiger charge is -2.25. The Kier molecular flexibility index (Phi) is 9.82. The maximum Gasteiger partial charge on any atom is 0.329 e. The molecule has 172 valence electrons. The van der Waals surface area contributed by atoms with Gasteiger partial charge in [0.05, 0.1) is 17.7 Å². The van der Waals surface area contributed by atoms with Gasteiger partial charge in [-0.3, -0.25) is 14.5 Å². The second kappa shape index (κ2) is 12.1. The third-order valence-corrected chi connectivity index (χ3v) is 5.47. The number of hydrogen-bond donors (Lipinski definition) is 0. The van der Waals surface area contributed by atoms with E-state index in [0.717, 1.165) is 16.2 Å². The van der Waals surface area contributed by atoms with Crippen LogP contribution in [0.1, 0.15) is 33.2 Å². The fraction of sp³-hybridized carbons (Fsp3) is 0.348. The van der Waals surface area contributed by atoms with Gasteiger partial charge in [-0.15, -0.1) is 35.6 Å². The third-order valence-electron chi connectivity index (χ3n) is 5.14. The maximum atomic E-state index is 12.9. The molecule has 32 heavy (non-hydrogen) atoms. The predicted octanol–water partition coefficient (Wildman–Crippen LogP) is 4.16. The summed E-state index contributed by atoms with van der Waals surface area (Å²) in [5, 5.41) is 0. The Morgan fingerprint density at radius 3 is 1.97 bits per heavy atom. The zero-order valence-electron chi connectivity index (χ0n) is 17.6. The molecule has 0 fully saturated rings. The summed E-state index contributed by atoms with van der Waals surface area (Å²) in [6, 6.07) is 13.1. The molecule has 2 aromatic rings. The Hall–Kier alpha value is -2.28. The summed E-state index contributed by atoms with van der Waals surface area (Å²) >= 11 is 11.8. The van der Waals surface area contributed by atoms with E-state index in [1.807, 2.05) is 24.3 Å². The number of rotatable bonds is 10. The molecule has 0 saturated carbocycles. The van der Waals surface area contributed by atoms with E-state index in [0.29, 0.717) is 36.0 Å². The molecule has 0 saturated heterocycles. The summed E-state index contributed by atoms with van der Waals surface area (Å²) in [5.74, 6) is -0.615. The van der Waals surface area contributed by atoms with Gasteiger partial charge in [-0.25, -0.2) is 4.79 Å². The summed E-state index contributed by atoms with van der Waals surface area (Å²) in [5.41, 5.74) is 2.36. The minimum Gasteiger partial charge on any atom is -0.464 e. The number of halogens is 3. The van der Waals surface area contributed by atoms with Crippen LogP contribution in [0, 0.1) is 0 Å². The van der Waals surface area contributed by atoms with Gasteiger partial charge in [-0.2, -0.15) is 0 Å². The van der Waals surface area contributed by atoms with Gasteiger partial charge in [0.2, 0.25) is 0 Å². The molecule has 0 aromatic heterocycles. The average Bonchev–Trinajstić information content (AvgIpc) is 3.03. The Labute approximate surface area is 203 Å². The Bertz CT molecular complexity index is 912. The number of carbonyl (C=O) groups excluding carboxylic acids is 3. The molecule has 1 aliphatic heterocycles. The minimum absolute atomic E-state index is 0. The number of esters is 1. The van der Waals surface area contributed by atoms with Crippen LogP contribution < -0.4 is 4.90 Å². The molecule has 1 aliphatic rings. The van der Waals surface area contributed by atoms with E-state index >= 15 is 0 Å². The van der Waals surface area contributed by atoms with Gasteiger partial charge in [0.1, 0.15) is 6.04 Å². The van der Waals surface area contributed by atoms with Crippen molar-refractivity contribution >= 4 is 59.1 Å². The molecule has 0 N–H and O–H groups in total. The van der Waals surface area contributed by atoms with Crippen LogP contribution in [0.25, 0.3) is 0 Å². The number of carbonyl (C=O) groups is 3. The number of benzene rings is 2. The molecule has 0 aliphatic carbocycles. The van der Waals surface area contributed by atoms with Gasteiger partial charge in [0, 0.05) is 37.0 Å². The average molecular weight is 500 g/mol. The van der Waals surface area contributed by atoms with Crippen molar-refractivity contribution < 1.29 is 19.1 Å². The standard InChI is InChI=1S/C23H24Cl2N2O4.ClH/c1-2-31-23(30)20(27-21(28)18-5-3-4-6-19(18)22(27)29)15-16-7-9-17(10-8-16)26(13-11-24)14-12-25;/h3-10,20H,2,11-15H2,1H3;1H/t20-;/m0./s1. The minimum atomic E-state index is -1.04. The van der Waals surface area contributed by atoms with Crippen molar-refractivity contribution in [3.05, 3.63) is 65.2 Å². The highest BCUT2D eigenvalue weighted by Crippen LogP contribution is 2.27. The van der Waals surface area contributed by atoms with Gasteiger partial charge in [-0.05, 0) is 36.8 Å². The largest absolute Gasteiger partial charge is 0.464 e. The molecule has 9 heteroatoms. The highest BCUT2D eigenvalue weighted by atomic mass is 35.5. The van der Waals surface area contributed by atoms with Crippen molar-refractivity contribution in [1.29, 1.82) is 0 Å². The lowest BCUT2D eigenvalue weighted by molar-refractivity contribution is -0.147. The molecule has 2 aromatic carbocycles. The summed E-state index contributed by atoms with van der Waals surface area (Å²) in [7, 11) is 0. The smallest absolute Gasteiger partial charge is 0.329 e. The number of amides is 2. The van der Waals surface area contributed by atoms with E-state index in [9.17, 15) is 14.4 Å². The van der Waals surface area contributed by atoms with Gasteiger partial charge >= 0.3 is 5.97 Å². The molecule has 2 amide bonds.